The van der Waals surface area contributed by atoms with E-state index in [1.54, 1.807) is 10.2 Å². The fraction of sp³-hybridized carbons (Fsp3) is 0.400. The standard InChI is InChI=1S/C25H20F5N3O5/c1-9-17-14-6-15(18(9)17)38-16-8-32-7-12(20(34)21(37-2)19(32)24(36)33(14)16)23(35)31-22(25(28,29)30)11-4-3-10(26)5-13(11)27/h3-5,7,14-17,22H,6,8H2,1-2H3,(H,31,35)/t14?,15?,16-,17+,22-/m0/s1. The van der Waals surface area contributed by atoms with Crippen LogP contribution in [-0.2, 0) is 11.3 Å². The van der Waals surface area contributed by atoms with Gasteiger partial charge in [-0.05, 0) is 25.0 Å². The lowest BCUT2D eigenvalue weighted by molar-refractivity contribution is -0.155. The van der Waals surface area contributed by atoms with Gasteiger partial charge in [0.25, 0.3) is 11.8 Å². The Morgan fingerprint density at radius 1 is 1.24 bits per heavy atom. The smallest absolute Gasteiger partial charge is 0.412 e. The Bertz CT molecular complexity index is 1500. The third-order valence-corrected chi connectivity index (χ3v) is 7.70. The van der Waals surface area contributed by atoms with Crippen LogP contribution in [0.3, 0.4) is 0 Å². The van der Waals surface area contributed by atoms with Crippen LogP contribution >= 0.6 is 0 Å². The van der Waals surface area contributed by atoms with Crippen molar-refractivity contribution in [3.8, 4) is 5.75 Å². The van der Waals surface area contributed by atoms with E-state index in [0.717, 1.165) is 18.9 Å². The average molecular weight is 537 g/mol. The molecule has 1 saturated heterocycles. The SMILES string of the molecule is COc1c2n(cc(C(=O)N[C@@H](c3ccc(F)cc3F)C(F)(F)F)c1=O)C[C@@H]1OC3CC([C@H]4C(C)=C34)N1C2=O. The second kappa shape index (κ2) is 8.13. The van der Waals surface area contributed by atoms with Crippen molar-refractivity contribution in [3.63, 3.8) is 0 Å². The lowest BCUT2D eigenvalue weighted by atomic mass is 10.0. The zero-order valence-electron chi connectivity index (χ0n) is 19.9. The number of nitrogens with one attached hydrogen (secondary N) is 1. The van der Waals surface area contributed by atoms with Crippen molar-refractivity contribution >= 4 is 11.8 Å². The third kappa shape index (κ3) is 3.47. The van der Waals surface area contributed by atoms with Gasteiger partial charge in [-0.15, -0.1) is 0 Å². The maximum atomic E-state index is 14.2. The monoisotopic (exact) mass is 537 g/mol. The number of pyridine rings is 1. The lowest BCUT2D eigenvalue weighted by Gasteiger charge is -2.45. The first-order valence-corrected chi connectivity index (χ1v) is 11.7. The van der Waals surface area contributed by atoms with E-state index in [2.05, 4.69) is 0 Å². The van der Waals surface area contributed by atoms with Crippen LogP contribution in [0.2, 0.25) is 0 Å². The molecule has 13 heteroatoms. The Hall–Kier alpha value is -3.74. The maximum Gasteiger partial charge on any atom is 0.412 e. The number of halogens is 5. The molecule has 2 aromatic rings. The molecule has 2 bridgehead atoms. The minimum absolute atomic E-state index is 0.0132. The summed E-state index contributed by atoms with van der Waals surface area (Å²) in [6, 6.07) is -1.56. The van der Waals surface area contributed by atoms with Crippen LogP contribution in [0.4, 0.5) is 22.0 Å². The van der Waals surface area contributed by atoms with Crippen LogP contribution in [-0.4, -0.2) is 52.9 Å². The molecular formula is C25H20F5N3O5. The number of benzene rings is 1. The molecule has 0 spiro atoms. The van der Waals surface area contributed by atoms with Crippen LogP contribution in [0.5, 0.6) is 5.75 Å². The minimum Gasteiger partial charge on any atom is -0.491 e. The summed E-state index contributed by atoms with van der Waals surface area (Å²) in [4.78, 5) is 41.3. The van der Waals surface area contributed by atoms with Crippen LogP contribution in [0.15, 0.2) is 40.3 Å². The first-order chi connectivity index (χ1) is 17.9. The topological polar surface area (TPSA) is 89.9 Å². The number of fused-ring (bicyclic) bond motifs is 8. The normalized spacial score (nSPS) is 26.0. The molecule has 38 heavy (non-hydrogen) atoms. The van der Waals surface area contributed by atoms with Crippen LogP contribution in [0, 0.1) is 17.6 Å². The van der Waals surface area contributed by atoms with Gasteiger partial charge in [0.15, 0.2) is 23.7 Å². The number of hydrogen-bond acceptors (Lipinski definition) is 5. The summed E-state index contributed by atoms with van der Waals surface area (Å²) in [6.07, 6.45) is -4.41. The number of methoxy groups -OCH3 is 1. The van der Waals surface area contributed by atoms with E-state index in [0.29, 0.717) is 18.6 Å². The van der Waals surface area contributed by atoms with Gasteiger partial charge in [-0.3, -0.25) is 14.4 Å². The number of hydrogen-bond donors (Lipinski definition) is 1. The Labute approximate surface area is 211 Å². The number of carbonyl (C=O) groups is 2. The summed E-state index contributed by atoms with van der Waals surface area (Å²) in [5.74, 6) is -5.01. The van der Waals surface area contributed by atoms with E-state index in [-0.39, 0.29) is 36.4 Å². The van der Waals surface area contributed by atoms with Crippen LogP contribution < -0.4 is 15.5 Å². The van der Waals surface area contributed by atoms with Crippen molar-refractivity contribution in [2.45, 2.75) is 50.5 Å². The second-order valence-corrected chi connectivity index (χ2v) is 9.73. The van der Waals surface area contributed by atoms with Gasteiger partial charge in [-0.25, -0.2) is 8.78 Å². The number of carbonyl (C=O) groups excluding carboxylic acids is 2. The lowest BCUT2D eigenvalue weighted by Crippen LogP contribution is -2.58. The number of nitrogens with zero attached hydrogens (tertiary/aromatic N) is 2. The number of amides is 2. The zero-order chi connectivity index (χ0) is 27.3. The molecular weight excluding hydrogens is 517 g/mol. The second-order valence-electron chi connectivity index (χ2n) is 9.73. The highest BCUT2D eigenvalue weighted by molar-refractivity contribution is 5.99. The molecule has 200 valence electrons. The highest BCUT2D eigenvalue weighted by Gasteiger charge is 2.60. The molecule has 0 radical (unpaired) electrons. The fourth-order valence-electron chi connectivity index (χ4n) is 6.02. The van der Waals surface area contributed by atoms with Gasteiger partial charge in [-0.2, -0.15) is 13.2 Å². The van der Waals surface area contributed by atoms with Crippen molar-refractivity contribution in [1.29, 1.82) is 0 Å². The Morgan fingerprint density at radius 2 is 1.97 bits per heavy atom. The number of rotatable bonds is 4. The van der Waals surface area contributed by atoms with Crippen molar-refractivity contribution in [3.05, 3.63) is 74.2 Å². The summed E-state index contributed by atoms with van der Waals surface area (Å²) in [7, 11) is 1.11. The number of ether oxygens (including phenoxy) is 2. The summed E-state index contributed by atoms with van der Waals surface area (Å²) >= 11 is 0. The third-order valence-electron chi connectivity index (χ3n) is 7.70. The summed E-state index contributed by atoms with van der Waals surface area (Å²) < 4.78 is 81.4. The Kier molecular flexibility index (Phi) is 5.26. The van der Waals surface area contributed by atoms with Gasteiger partial charge in [0.05, 0.1) is 19.8 Å². The van der Waals surface area contributed by atoms with E-state index in [1.807, 2.05) is 6.92 Å². The molecule has 4 aliphatic rings. The largest absolute Gasteiger partial charge is 0.491 e. The predicted molar refractivity (Wildman–Crippen MR) is 119 cm³/mol. The molecule has 8 nitrogen and oxygen atoms in total. The van der Waals surface area contributed by atoms with Gasteiger partial charge < -0.3 is 24.3 Å². The molecule has 1 aromatic carbocycles. The van der Waals surface area contributed by atoms with Crippen molar-refractivity contribution in [1.82, 2.24) is 14.8 Å². The number of aromatic nitrogens is 1. The van der Waals surface area contributed by atoms with E-state index >= 15 is 0 Å². The molecule has 1 aromatic heterocycles. The van der Waals surface area contributed by atoms with E-state index in [4.69, 9.17) is 9.47 Å². The molecule has 1 saturated carbocycles. The van der Waals surface area contributed by atoms with Crippen LogP contribution in [0.25, 0.3) is 0 Å². The van der Waals surface area contributed by atoms with E-state index < -0.39 is 64.2 Å². The van der Waals surface area contributed by atoms with Gasteiger partial charge in [-0.1, -0.05) is 11.6 Å². The quantitative estimate of drug-likeness (QED) is 0.479. The van der Waals surface area contributed by atoms with Crippen LogP contribution in [0.1, 0.15) is 45.8 Å². The molecule has 2 aliphatic heterocycles. The summed E-state index contributed by atoms with van der Waals surface area (Å²) in [6.45, 7) is 1.99. The van der Waals surface area contributed by atoms with E-state index in [1.165, 1.54) is 10.1 Å². The van der Waals surface area contributed by atoms with Gasteiger partial charge in [0, 0.05) is 29.8 Å². The Balaban J connectivity index is 1.37. The van der Waals surface area contributed by atoms with Gasteiger partial charge in [0.1, 0.15) is 17.2 Å². The molecule has 2 fully saturated rings. The van der Waals surface area contributed by atoms with Gasteiger partial charge in [0.2, 0.25) is 5.43 Å². The highest BCUT2D eigenvalue weighted by Crippen LogP contribution is 2.58. The fourth-order valence-corrected chi connectivity index (χ4v) is 6.02. The average Bonchev–Trinajstić information content (AvgIpc) is 3.41. The minimum atomic E-state index is -5.18. The number of alkyl halides is 3. The summed E-state index contributed by atoms with van der Waals surface area (Å²) in [5, 5.41) is 1.63. The molecule has 5 atom stereocenters. The molecule has 2 amide bonds. The summed E-state index contributed by atoms with van der Waals surface area (Å²) in [5.41, 5.74) is -0.685. The highest BCUT2D eigenvalue weighted by atomic mass is 19.4. The zero-order valence-corrected chi connectivity index (χ0v) is 19.9. The van der Waals surface area contributed by atoms with Crippen molar-refractivity contribution in [2.24, 2.45) is 5.92 Å². The Morgan fingerprint density at radius 3 is 2.63 bits per heavy atom. The molecule has 2 aliphatic carbocycles. The first kappa shape index (κ1) is 24.6. The maximum absolute atomic E-state index is 14.2. The van der Waals surface area contributed by atoms with Crippen molar-refractivity contribution < 1.29 is 41.0 Å². The first-order valence-electron chi connectivity index (χ1n) is 11.7. The van der Waals surface area contributed by atoms with Crippen molar-refractivity contribution in [2.75, 3.05) is 7.11 Å². The predicted octanol–water partition coefficient (Wildman–Crippen LogP) is 3.07. The molecule has 6 rings (SSSR count). The molecule has 3 heterocycles. The molecule has 1 N–H and O–H groups in total. The molecule has 2 unspecified atom stereocenters. The van der Waals surface area contributed by atoms with E-state index in [9.17, 15) is 36.3 Å². The van der Waals surface area contributed by atoms with Gasteiger partial charge >= 0.3 is 6.18 Å².